The van der Waals surface area contributed by atoms with Gasteiger partial charge in [0.1, 0.15) is 4.90 Å². The van der Waals surface area contributed by atoms with E-state index in [9.17, 15) is 8.42 Å². The third-order valence-corrected chi connectivity index (χ3v) is 5.37. The number of hydrogen-bond acceptors (Lipinski definition) is 5. The van der Waals surface area contributed by atoms with Crippen molar-refractivity contribution in [3.63, 3.8) is 0 Å². The van der Waals surface area contributed by atoms with Gasteiger partial charge in [-0.25, -0.2) is 18.4 Å². The Kier molecular flexibility index (Phi) is 4.36. The van der Waals surface area contributed by atoms with Crippen molar-refractivity contribution < 1.29 is 8.42 Å². The summed E-state index contributed by atoms with van der Waals surface area (Å²) < 4.78 is 26.5. The van der Waals surface area contributed by atoms with E-state index in [-0.39, 0.29) is 4.90 Å². The van der Waals surface area contributed by atoms with Gasteiger partial charge in [-0.15, -0.1) is 0 Å². The highest BCUT2D eigenvalue weighted by atomic mass is 32.2. The molecule has 0 radical (unpaired) electrons. The van der Waals surface area contributed by atoms with Crippen LogP contribution in [-0.4, -0.2) is 42.8 Å². The molecule has 106 valence electrons. The first-order valence-electron chi connectivity index (χ1n) is 6.58. The minimum atomic E-state index is -3.45. The predicted octanol–water partition coefficient (Wildman–Crippen LogP) is 1.33. The van der Waals surface area contributed by atoms with Crippen LogP contribution in [0.1, 0.15) is 26.2 Å². The molecule has 0 saturated carbocycles. The van der Waals surface area contributed by atoms with E-state index in [0.717, 1.165) is 19.3 Å². The lowest BCUT2D eigenvalue weighted by atomic mass is 9.97. The molecule has 1 atom stereocenters. The van der Waals surface area contributed by atoms with E-state index in [1.807, 2.05) is 0 Å². The van der Waals surface area contributed by atoms with Crippen molar-refractivity contribution in [3.05, 3.63) is 12.4 Å². The molecule has 1 saturated heterocycles. The summed E-state index contributed by atoms with van der Waals surface area (Å²) in [6, 6.07) is 0. The summed E-state index contributed by atoms with van der Waals surface area (Å²) >= 11 is 0. The zero-order valence-corrected chi connectivity index (χ0v) is 12.2. The topological polar surface area (TPSA) is 75.2 Å². The number of hydrogen-bond donors (Lipinski definition) is 1. The van der Waals surface area contributed by atoms with Gasteiger partial charge in [0.05, 0.1) is 12.4 Å². The fourth-order valence-electron chi connectivity index (χ4n) is 2.31. The molecule has 19 heavy (non-hydrogen) atoms. The monoisotopic (exact) mass is 284 g/mol. The fourth-order valence-corrected chi connectivity index (χ4v) is 3.75. The minimum absolute atomic E-state index is 0.170. The van der Waals surface area contributed by atoms with Crippen molar-refractivity contribution in [2.24, 2.45) is 5.92 Å². The summed E-state index contributed by atoms with van der Waals surface area (Å²) in [5.41, 5.74) is 0. The highest BCUT2D eigenvalue weighted by Crippen LogP contribution is 2.24. The predicted molar refractivity (Wildman–Crippen MR) is 73.4 cm³/mol. The highest BCUT2D eigenvalue weighted by Gasteiger charge is 2.30. The number of piperidine rings is 1. The van der Waals surface area contributed by atoms with Crippen molar-refractivity contribution in [2.45, 2.75) is 31.1 Å². The summed E-state index contributed by atoms with van der Waals surface area (Å²) in [7, 11) is -1.76. The van der Waals surface area contributed by atoms with Gasteiger partial charge in [0.25, 0.3) is 0 Å². The first kappa shape index (κ1) is 14.2. The molecule has 0 spiro atoms. The largest absolute Gasteiger partial charge is 0.357 e. The number of nitrogens with one attached hydrogen (secondary N) is 1. The Labute approximate surface area is 114 Å². The molecular weight excluding hydrogens is 264 g/mol. The van der Waals surface area contributed by atoms with Gasteiger partial charge < -0.3 is 5.32 Å². The van der Waals surface area contributed by atoms with Crippen molar-refractivity contribution >= 4 is 16.0 Å². The molecule has 0 amide bonds. The van der Waals surface area contributed by atoms with Crippen LogP contribution < -0.4 is 5.32 Å². The Morgan fingerprint density at radius 2 is 2.11 bits per heavy atom. The Hall–Kier alpha value is -1.21. The maximum Gasteiger partial charge on any atom is 0.246 e. The molecule has 2 heterocycles. The Morgan fingerprint density at radius 3 is 2.68 bits per heavy atom. The summed E-state index contributed by atoms with van der Waals surface area (Å²) in [5.74, 6) is 0.880. The first-order valence-corrected chi connectivity index (χ1v) is 8.02. The highest BCUT2D eigenvalue weighted by molar-refractivity contribution is 7.89. The Bertz CT molecular complexity index is 515. The summed E-state index contributed by atoms with van der Waals surface area (Å²) in [6.45, 7) is 3.30. The van der Waals surface area contributed by atoms with E-state index in [4.69, 9.17) is 0 Å². The van der Waals surface area contributed by atoms with Crippen LogP contribution in [0.15, 0.2) is 17.3 Å². The number of rotatable bonds is 4. The lowest BCUT2D eigenvalue weighted by molar-refractivity contribution is 0.261. The third kappa shape index (κ3) is 3.03. The molecule has 1 aromatic rings. The van der Waals surface area contributed by atoms with Gasteiger partial charge in [-0.3, -0.25) is 0 Å². The maximum atomic E-state index is 12.5. The SMILES string of the molecule is CCC1CCCN(S(=O)(=O)c2cnc(NC)nc2)C1. The van der Waals surface area contributed by atoms with Crippen LogP contribution in [-0.2, 0) is 10.0 Å². The lowest BCUT2D eigenvalue weighted by Crippen LogP contribution is -2.39. The van der Waals surface area contributed by atoms with Crippen molar-refractivity contribution in [3.8, 4) is 0 Å². The molecule has 7 heteroatoms. The zero-order valence-electron chi connectivity index (χ0n) is 11.3. The second-order valence-electron chi connectivity index (χ2n) is 4.77. The molecule has 1 aliphatic heterocycles. The van der Waals surface area contributed by atoms with Gasteiger partial charge in [-0.05, 0) is 18.8 Å². The Morgan fingerprint density at radius 1 is 1.42 bits per heavy atom. The van der Waals surface area contributed by atoms with Crippen molar-refractivity contribution in [1.82, 2.24) is 14.3 Å². The molecule has 1 aliphatic rings. The summed E-state index contributed by atoms with van der Waals surface area (Å²) in [6.07, 6.45) is 5.78. The normalized spacial score (nSPS) is 21.3. The van der Waals surface area contributed by atoms with Gasteiger partial charge in [0, 0.05) is 20.1 Å². The van der Waals surface area contributed by atoms with Gasteiger partial charge in [-0.2, -0.15) is 4.31 Å². The smallest absolute Gasteiger partial charge is 0.246 e. The molecule has 0 bridgehead atoms. The van der Waals surface area contributed by atoms with Crippen LogP contribution in [0.25, 0.3) is 0 Å². The van der Waals surface area contributed by atoms with E-state index >= 15 is 0 Å². The molecule has 1 N–H and O–H groups in total. The number of aromatic nitrogens is 2. The number of nitrogens with zero attached hydrogens (tertiary/aromatic N) is 3. The standard InChI is InChI=1S/C12H20N4O2S/c1-3-10-5-4-6-16(9-10)19(17,18)11-7-14-12(13-2)15-8-11/h7-8,10H,3-6,9H2,1-2H3,(H,13,14,15). The van der Waals surface area contributed by atoms with E-state index in [1.165, 1.54) is 12.4 Å². The van der Waals surface area contributed by atoms with E-state index in [0.29, 0.717) is 25.0 Å². The van der Waals surface area contributed by atoms with Gasteiger partial charge in [-0.1, -0.05) is 13.3 Å². The van der Waals surface area contributed by atoms with E-state index in [2.05, 4.69) is 22.2 Å². The second kappa shape index (κ2) is 5.83. The maximum absolute atomic E-state index is 12.5. The molecular formula is C12H20N4O2S. The van der Waals surface area contributed by atoms with Gasteiger partial charge in [0.15, 0.2) is 0 Å². The molecule has 6 nitrogen and oxygen atoms in total. The van der Waals surface area contributed by atoms with E-state index < -0.39 is 10.0 Å². The molecule has 2 rings (SSSR count). The van der Waals surface area contributed by atoms with Gasteiger partial charge >= 0.3 is 0 Å². The number of sulfonamides is 1. The van der Waals surface area contributed by atoms with Gasteiger partial charge in [0.2, 0.25) is 16.0 Å². The quantitative estimate of drug-likeness (QED) is 0.902. The van der Waals surface area contributed by atoms with E-state index in [1.54, 1.807) is 11.4 Å². The van der Waals surface area contributed by atoms with Crippen LogP contribution in [0.4, 0.5) is 5.95 Å². The van der Waals surface area contributed by atoms with Crippen LogP contribution in [0.5, 0.6) is 0 Å². The van der Waals surface area contributed by atoms with Crippen LogP contribution in [0.2, 0.25) is 0 Å². The van der Waals surface area contributed by atoms with Crippen LogP contribution in [0.3, 0.4) is 0 Å². The second-order valence-corrected chi connectivity index (χ2v) is 6.71. The van der Waals surface area contributed by atoms with Crippen molar-refractivity contribution in [2.75, 3.05) is 25.5 Å². The third-order valence-electron chi connectivity index (χ3n) is 3.55. The first-order chi connectivity index (χ1) is 9.07. The zero-order chi connectivity index (χ0) is 13.9. The number of anilines is 1. The van der Waals surface area contributed by atoms with Crippen LogP contribution >= 0.6 is 0 Å². The van der Waals surface area contributed by atoms with Crippen LogP contribution in [0, 0.1) is 5.92 Å². The van der Waals surface area contributed by atoms with Crippen molar-refractivity contribution in [1.29, 1.82) is 0 Å². The molecule has 0 aliphatic carbocycles. The summed E-state index contributed by atoms with van der Waals surface area (Å²) in [4.78, 5) is 8.11. The molecule has 0 aromatic carbocycles. The molecule has 1 fully saturated rings. The average molecular weight is 284 g/mol. The molecule has 1 unspecified atom stereocenters. The molecule has 1 aromatic heterocycles. The minimum Gasteiger partial charge on any atom is -0.357 e. The fraction of sp³-hybridized carbons (Fsp3) is 0.667. The summed E-state index contributed by atoms with van der Waals surface area (Å²) in [5, 5.41) is 2.77. The Balaban J connectivity index is 2.20. The lowest BCUT2D eigenvalue weighted by Gasteiger charge is -2.31. The average Bonchev–Trinajstić information content (AvgIpc) is 2.47.